The molecule has 0 atom stereocenters. The summed E-state index contributed by atoms with van der Waals surface area (Å²) in [4.78, 5) is 12.7. The van der Waals surface area contributed by atoms with Crippen molar-refractivity contribution in [1.29, 1.82) is 0 Å². The highest BCUT2D eigenvalue weighted by atomic mass is 16.4. The van der Waals surface area contributed by atoms with Gasteiger partial charge in [-0.1, -0.05) is 13.8 Å². The van der Waals surface area contributed by atoms with Crippen LogP contribution in [0.4, 0.5) is 11.6 Å². The molecule has 2 rings (SSSR count). The van der Waals surface area contributed by atoms with Crippen molar-refractivity contribution in [3.63, 3.8) is 0 Å². The van der Waals surface area contributed by atoms with Crippen molar-refractivity contribution in [3.8, 4) is 0 Å². The Balaban J connectivity index is 2.09. The van der Waals surface area contributed by atoms with Gasteiger partial charge in [-0.2, -0.15) is 0 Å². The Kier molecular flexibility index (Phi) is 3.45. The maximum Gasteiger partial charge on any atom is 0.213 e. The third-order valence-corrected chi connectivity index (χ3v) is 2.37. The monoisotopic (exact) mass is 247 g/mol. The lowest BCUT2D eigenvalue weighted by molar-refractivity contribution is 0.478. The molecule has 2 aromatic rings. The third kappa shape index (κ3) is 2.97. The molecular weight excluding hydrogens is 230 g/mol. The number of aryl methyl sites for hydroxylation is 1. The van der Waals surface area contributed by atoms with Gasteiger partial charge in [-0.25, -0.2) is 15.0 Å². The highest BCUT2D eigenvalue weighted by molar-refractivity contribution is 5.44. The topological polar surface area (TPSA) is 89.9 Å². The van der Waals surface area contributed by atoms with Crippen LogP contribution in [0, 0.1) is 6.92 Å². The van der Waals surface area contributed by atoms with Crippen LogP contribution in [0.25, 0.3) is 0 Å². The Morgan fingerprint density at radius 3 is 2.78 bits per heavy atom. The van der Waals surface area contributed by atoms with E-state index in [9.17, 15) is 0 Å². The van der Waals surface area contributed by atoms with Gasteiger partial charge in [0.1, 0.15) is 23.2 Å². The fourth-order valence-corrected chi connectivity index (χ4v) is 1.48. The molecule has 0 radical (unpaired) electrons. The second-order valence-corrected chi connectivity index (χ2v) is 4.41. The van der Waals surface area contributed by atoms with Gasteiger partial charge in [0.2, 0.25) is 5.89 Å². The van der Waals surface area contributed by atoms with Gasteiger partial charge in [0.05, 0.1) is 12.7 Å². The van der Waals surface area contributed by atoms with E-state index in [1.54, 1.807) is 12.3 Å². The van der Waals surface area contributed by atoms with Crippen LogP contribution in [0.1, 0.15) is 37.2 Å². The van der Waals surface area contributed by atoms with Crippen molar-refractivity contribution >= 4 is 11.6 Å². The van der Waals surface area contributed by atoms with Crippen LogP contribution < -0.4 is 11.1 Å². The number of rotatable bonds is 4. The van der Waals surface area contributed by atoms with Crippen LogP contribution in [0.15, 0.2) is 16.7 Å². The van der Waals surface area contributed by atoms with Gasteiger partial charge < -0.3 is 15.5 Å². The number of nitrogen functional groups attached to an aromatic ring is 1. The molecule has 0 saturated carbocycles. The average molecular weight is 247 g/mol. The van der Waals surface area contributed by atoms with Crippen LogP contribution in [0.2, 0.25) is 0 Å². The minimum atomic E-state index is 0.234. The van der Waals surface area contributed by atoms with Crippen molar-refractivity contribution in [2.24, 2.45) is 0 Å². The molecule has 0 amide bonds. The quantitative estimate of drug-likeness (QED) is 0.859. The summed E-state index contributed by atoms with van der Waals surface area (Å²) >= 11 is 0. The van der Waals surface area contributed by atoms with Gasteiger partial charge in [-0.15, -0.1) is 0 Å². The number of nitrogens with two attached hydrogens (primary N) is 1. The van der Waals surface area contributed by atoms with Crippen LogP contribution in [-0.4, -0.2) is 15.0 Å². The molecule has 0 aliphatic rings. The van der Waals surface area contributed by atoms with Crippen molar-refractivity contribution in [1.82, 2.24) is 15.0 Å². The van der Waals surface area contributed by atoms with E-state index in [0.29, 0.717) is 24.1 Å². The van der Waals surface area contributed by atoms with Crippen LogP contribution in [-0.2, 0) is 6.54 Å². The number of oxazole rings is 1. The number of aromatic nitrogens is 3. The highest BCUT2D eigenvalue weighted by Gasteiger charge is 2.07. The average Bonchev–Trinajstić information content (AvgIpc) is 2.72. The molecule has 0 fully saturated rings. The van der Waals surface area contributed by atoms with Gasteiger partial charge in [-0.05, 0) is 6.92 Å². The Hall–Kier alpha value is -2.11. The second kappa shape index (κ2) is 5.03. The van der Waals surface area contributed by atoms with E-state index >= 15 is 0 Å². The van der Waals surface area contributed by atoms with Crippen LogP contribution in [0.3, 0.4) is 0 Å². The molecule has 2 aromatic heterocycles. The van der Waals surface area contributed by atoms with Gasteiger partial charge >= 0.3 is 0 Å². The maximum atomic E-state index is 5.74. The summed E-state index contributed by atoms with van der Waals surface area (Å²) < 4.78 is 5.36. The molecule has 6 heteroatoms. The molecular formula is C12H17N5O. The van der Waals surface area contributed by atoms with E-state index in [4.69, 9.17) is 10.2 Å². The standard InChI is InChI=1S/C12H17N5O/c1-7(2)12-16-9(13)4-10(17-12)14-6-11-15-5-8(3)18-11/h4-5,7H,6H2,1-3H3,(H3,13,14,16,17). The van der Waals surface area contributed by atoms with E-state index in [-0.39, 0.29) is 5.92 Å². The predicted octanol–water partition coefficient (Wildman–Crippen LogP) is 2.09. The molecule has 0 spiro atoms. The zero-order chi connectivity index (χ0) is 13.1. The third-order valence-electron chi connectivity index (χ3n) is 2.37. The molecule has 0 unspecified atom stereocenters. The van der Waals surface area contributed by atoms with Crippen molar-refractivity contribution in [3.05, 3.63) is 29.7 Å². The lowest BCUT2D eigenvalue weighted by Crippen LogP contribution is -2.07. The van der Waals surface area contributed by atoms with Gasteiger partial charge in [0, 0.05) is 12.0 Å². The summed E-state index contributed by atoms with van der Waals surface area (Å²) in [6.07, 6.45) is 1.69. The first-order valence-electron chi connectivity index (χ1n) is 5.84. The number of anilines is 2. The summed E-state index contributed by atoms with van der Waals surface area (Å²) in [5.41, 5.74) is 5.74. The summed E-state index contributed by atoms with van der Waals surface area (Å²) in [6.45, 7) is 6.38. The van der Waals surface area contributed by atoms with E-state index < -0.39 is 0 Å². The first kappa shape index (κ1) is 12.3. The maximum absolute atomic E-state index is 5.74. The Morgan fingerprint density at radius 1 is 1.39 bits per heavy atom. The SMILES string of the molecule is Cc1cnc(CNc2cc(N)nc(C(C)C)n2)o1. The highest BCUT2D eigenvalue weighted by Crippen LogP contribution is 2.15. The van der Waals surface area contributed by atoms with Gasteiger partial charge in [-0.3, -0.25) is 0 Å². The van der Waals surface area contributed by atoms with Gasteiger partial charge in [0.15, 0.2) is 0 Å². The Morgan fingerprint density at radius 2 is 2.17 bits per heavy atom. The molecule has 0 bridgehead atoms. The molecule has 2 heterocycles. The number of nitrogens with one attached hydrogen (secondary N) is 1. The predicted molar refractivity (Wildman–Crippen MR) is 69.1 cm³/mol. The Labute approximate surface area is 106 Å². The first-order chi connectivity index (χ1) is 8.54. The zero-order valence-electron chi connectivity index (χ0n) is 10.8. The van der Waals surface area contributed by atoms with E-state index in [1.165, 1.54) is 0 Å². The van der Waals surface area contributed by atoms with E-state index in [1.807, 2.05) is 20.8 Å². The smallest absolute Gasteiger partial charge is 0.213 e. The number of hydrogen-bond donors (Lipinski definition) is 2. The Bertz CT molecular complexity index is 535. The summed E-state index contributed by atoms with van der Waals surface area (Å²) in [6, 6.07) is 1.70. The van der Waals surface area contributed by atoms with E-state index in [2.05, 4.69) is 20.3 Å². The van der Waals surface area contributed by atoms with Crippen molar-refractivity contribution in [2.75, 3.05) is 11.1 Å². The van der Waals surface area contributed by atoms with Crippen LogP contribution >= 0.6 is 0 Å². The van der Waals surface area contributed by atoms with Crippen LogP contribution in [0.5, 0.6) is 0 Å². The minimum absolute atomic E-state index is 0.234. The van der Waals surface area contributed by atoms with Crippen molar-refractivity contribution in [2.45, 2.75) is 33.2 Å². The van der Waals surface area contributed by atoms with Gasteiger partial charge in [0.25, 0.3) is 0 Å². The second-order valence-electron chi connectivity index (χ2n) is 4.41. The number of hydrogen-bond acceptors (Lipinski definition) is 6. The van der Waals surface area contributed by atoms with E-state index in [0.717, 1.165) is 11.6 Å². The molecule has 96 valence electrons. The lowest BCUT2D eigenvalue weighted by Gasteiger charge is -2.08. The minimum Gasteiger partial charge on any atom is -0.444 e. The fraction of sp³-hybridized carbons (Fsp3) is 0.417. The normalized spacial score (nSPS) is 10.9. The first-order valence-corrected chi connectivity index (χ1v) is 5.84. The summed E-state index contributed by atoms with van der Waals surface area (Å²) in [7, 11) is 0. The fourth-order valence-electron chi connectivity index (χ4n) is 1.48. The zero-order valence-corrected chi connectivity index (χ0v) is 10.8. The molecule has 0 aromatic carbocycles. The number of nitrogens with zero attached hydrogens (tertiary/aromatic N) is 3. The molecule has 0 aliphatic heterocycles. The molecule has 18 heavy (non-hydrogen) atoms. The lowest BCUT2D eigenvalue weighted by atomic mass is 10.2. The summed E-state index contributed by atoms with van der Waals surface area (Å²) in [5.74, 6) is 3.51. The van der Waals surface area contributed by atoms with Crippen molar-refractivity contribution < 1.29 is 4.42 Å². The molecule has 6 nitrogen and oxygen atoms in total. The summed E-state index contributed by atoms with van der Waals surface area (Å²) in [5, 5.41) is 3.12. The largest absolute Gasteiger partial charge is 0.444 e. The molecule has 0 saturated heterocycles. The molecule has 3 N–H and O–H groups in total. The molecule has 0 aliphatic carbocycles.